The quantitative estimate of drug-likeness (QED) is 0.929. The van der Waals surface area contributed by atoms with Crippen LogP contribution in [0.2, 0.25) is 0 Å². The van der Waals surface area contributed by atoms with Crippen LogP contribution in [0, 0.1) is 0 Å². The highest BCUT2D eigenvalue weighted by molar-refractivity contribution is 5.38. The molecule has 1 N–H and O–H groups in total. The van der Waals surface area contributed by atoms with Crippen LogP contribution in [0.5, 0.6) is 0 Å². The highest BCUT2D eigenvalue weighted by Gasteiger charge is 2.33. The maximum atomic E-state index is 5.98. The Morgan fingerprint density at radius 3 is 2.71 bits per heavy atom. The third-order valence-electron chi connectivity index (χ3n) is 5.16. The first kappa shape index (κ1) is 15.6. The smallest absolute Gasteiger partial charge is 0.128 e. The van der Waals surface area contributed by atoms with Crippen molar-refractivity contribution in [2.45, 2.75) is 37.5 Å². The molecule has 4 heterocycles. The van der Waals surface area contributed by atoms with Gasteiger partial charge in [-0.05, 0) is 37.5 Å². The number of piperidine rings is 1. The highest BCUT2D eigenvalue weighted by atomic mass is 16.5. The van der Waals surface area contributed by atoms with Crippen LogP contribution in [0.1, 0.15) is 31.1 Å². The summed E-state index contributed by atoms with van der Waals surface area (Å²) in [7, 11) is 1.99. The second kappa shape index (κ2) is 6.91. The first-order valence-electron chi connectivity index (χ1n) is 8.83. The molecule has 2 aromatic heterocycles. The molecule has 0 radical (unpaired) electrons. The van der Waals surface area contributed by atoms with Gasteiger partial charge in [0.05, 0.1) is 5.69 Å². The zero-order valence-corrected chi connectivity index (χ0v) is 14.1. The standard InChI is InChI=1S/C18H25N5O/c1-22-16(5-10-20-22)18-15(8-13-24-18)21-14-6-11-23(12-7-14)17-4-2-3-9-19-17/h2-5,9-10,14-15,18,21H,6-8,11-13H2,1H3/t15-,18-/m0/s1. The maximum Gasteiger partial charge on any atom is 0.128 e. The molecule has 24 heavy (non-hydrogen) atoms. The second-order valence-corrected chi connectivity index (χ2v) is 6.68. The van der Waals surface area contributed by atoms with E-state index < -0.39 is 0 Å². The lowest BCUT2D eigenvalue weighted by Crippen LogP contribution is -2.47. The molecule has 0 amide bonds. The predicted molar refractivity (Wildman–Crippen MR) is 92.9 cm³/mol. The summed E-state index contributed by atoms with van der Waals surface area (Å²) in [5.74, 6) is 1.09. The molecule has 2 aliphatic rings. The lowest BCUT2D eigenvalue weighted by atomic mass is 10.0. The number of aromatic nitrogens is 3. The summed E-state index contributed by atoms with van der Waals surface area (Å²) in [5, 5.41) is 8.12. The minimum atomic E-state index is 0.117. The molecule has 0 saturated carbocycles. The summed E-state index contributed by atoms with van der Waals surface area (Å²) in [5.41, 5.74) is 1.16. The van der Waals surface area contributed by atoms with Crippen LogP contribution in [-0.4, -0.2) is 46.5 Å². The Balaban J connectivity index is 1.34. The number of nitrogens with one attached hydrogen (secondary N) is 1. The predicted octanol–water partition coefficient (Wildman–Crippen LogP) is 1.90. The summed E-state index contributed by atoms with van der Waals surface area (Å²) < 4.78 is 7.90. The van der Waals surface area contributed by atoms with Gasteiger partial charge in [0.1, 0.15) is 11.9 Å². The number of ether oxygens (including phenoxy) is 1. The largest absolute Gasteiger partial charge is 0.370 e. The third kappa shape index (κ3) is 3.16. The second-order valence-electron chi connectivity index (χ2n) is 6.68. The normalized spacial score (nSPS) is 25.3. The zero-order valence-electron chi connectivity index (χ0n) is 14.1. The summed E-state index contributed by atoms with van der Waals surface area (Å²) >= 11 is 0. The monoisotopic (exact) mass is 327 g/mol. The number of hydrogen-bond acceptors (Lipinski definition) is 5. The van der Waals surface area contributed by atoms with E-state index >= 15 is 0 Å². The molecular weight excluding hydrogens is 302 g/mol. The number of hydrogen-bond donors (Lipinski definition) is 1. The molecule has 0 bridgehead atoms. The minimum absolute atomic E-state index is 0.117. The summed E-state index contributed by atoms with van der Waals surface area (Å²) in [6.45, 7) is 2.93. The lowest BCUT2D eigenvalue weighted by Gasteiger charge is -2.35. The lowest BCUT2D eigenvalue weighted by molar-refractivity contribution is 0.0889. The molecule has 0 unspecified atom stereocenters. The van der Waals surface area contributed by atoms with Crippen molar-refractivity contribution in [3.05, 3.63) is 42.4 Å². The van der Waals surface area contributed by atoms with Crippen LogP contribution in [-0.2, 0) is 11.8 Å². The topological polar surface area (TPSA) is 55.2 Å². The van der Waals surface area contributed by atoms with Gasteiger partial charge in [0.2, 0.25) is 0 Å². The van der Waals surface area contributed by atoms with Crippen molar-refractivity contribution in [2.75, 3.05) is 24.6 Å². The Morgan fingerprint density at radius 1 is 1.12 bits per heavy atom. The van der Waals surface area contributed by atoms with Crippen LogP contribution >= 0.6 is 0 Å². The van der Waals surface area contributed by atoms with Crippen molar-refractivity contribution in [3.63, 3.8) is 0 Å². The molecule has 0 aliphatic carbocycles. The average Bonchev–Trinajstić information content (AvgIpc) is 3.25. The van der Waals surface area contributed by atoms with Gasteiger partial charge in [-0.25, -0.2) is 4.98 Å². The van der Waals surface area contributed by atoms with Gasteiger partial charge in [0, 0.05) is 51.2 Å². The molecule has 6 heteroatoms. The fourth-order valence-corrected chi connectivity index (χ4v) is 3.83. The number of pyridine rings is 1. The molecule has 2 atom stereocenters. The van der Waals surface area contributed by atoms with Crippen LogP contribution in [0.15, 0.2) is 36.7 Å². The molecule has 6 nitrogen and oxygen atoms in total. The summed E-state index contributed by atoms with van der Waals surface area (Å²) in [6, 6.07) is 9.11. The van der Waals surface area contributed by atoms with Gasteiger partial charge in [0.25, 0.3) is 0 Å². The van der Waals surface area contributed by atoms with Crippen molar-refractivity contribution in [3.8, 4) is 0 Å². The van der Waals surface area contributed by atoms with E-state index in [0.29, 0.717) is 12.1 Å². The molecule has 0 spiro atoms. The van der Waals surface area contributed by atoms with Gasteiger partial charge in [0.15, 0.2) is 0 Å². The Kier molecular flexibility index (Phi) is 4.49. The maximum absolute atomic E-state index is 5.98. The van der Waals surface area contributed by atoms with Crippen molar-refractivity contribution < 1.29 is 4.74 Å². The van der Waals surface area contributed by atoms with Crippen molar-refractivity contribution in [1.82, 2.24) is 20.1 Å². The van der Waals surface area contributed by atoms with Crippen molar-refractivity contribution >= 4 is 5.82 Å². The number of anilines is 1. The molecule has 0 aromatic carbocycles. The van der Waals surface area contributed by atoms with E-state index in [1.165, 1.54) is 0 Å². The summed E-state index contributed by atoms with van der Waals surface area (Å²) in [4.78, 5) is 6.84. The van der Waals surface area contributed by atoms with Gasteiger partial charge in [-0.3, -0.25) is 4.68 Å². The third-order valence-corrected chi connectivity index (χ3v) is 5.16. The zero-order chi connectivity index (χ0) is 16.4. The Morgan fingerprint density at radius 2 is 2.00 bits per heavy atom. The van der Waals surface area contributed by atoms with Gasteiger partial charge in [-0.1, -0.05) is 6.07 Å². The first-order valence-corrected chi connectivity index (χ1v) is 8.83. The SMILES string of the molecule is Cn1nccc1[C@H]1OCC[C@@H]1NC1CCN(c2ccccn2)CC1. The van der Waals surface area contributed by atoms with E-state index in [1.54, 1.807) is 0 Å². The number of aryl methyl sites for hydroxylation is 1. The van der Waals surface area contributed by atoms with Gasteiger partial charge in [-0.2, -0.15) is 5.10 Å². The molecule has 2 saturated heterocycles. The van der Waals surface area contributed by atoms with Crippen LogP contribution in [0.25, 0.3) is 0 Å². The van der Waals surface area contributed by atoms with E-state index in [-0.39, 0.29) is 6.10 Å². The highest BCUT2D eigenvalue weighted by Crippen LogP contribution is 2.30. The molecule has 2 aliphatic heterocycles. The Hall–Kier alpha value is -1.92. The molecule has 2 aromatic rings. The van der Waals surface area contributed by atoms with Gasteiger partial charge in [-0.15, -0.1) is 0 Å². The molecule has 4 rings (SSSR count). The number of rotatable bonds is 4. The van der Waals surface area contributed by atoms with Crippen molar-refractivity contribution in [1.29, 1.82) is 0 Å². The van der Waals surface area contributed by atoms with E-state index in [1.807, 2.05) is 30.2 Å². The van der Waals surface area contributed by atoms with Crippen LogP contribution < -0.4 is 10.2 Å². The fourth-order valence-electron chi connectivity index (χ4n) is 3.83. The fraction of sp³-hybridized carbons (Fsp3) is 0.556. The first-order chi connectivity index (χ1) is 11.8. The van der Waals surface area contributed by atoms with E-state index in [2.05, 4.69) is 38.5 Å². The van der Waals surface area contributed by atoms with Crippen LogP contribution in [0.3, 0.4) is 0 Å². The average molecular weight is 327 g/mol. The Labute approximate surface area is 142 Å². The Bertz CT molecular complexity index is 650. The van der Waals surface area contributed by atoms with Crippen LogP contribution in [0.4, 0.5) is 5.82 Å². The van der Waals surface area contributed by atoms with E-state index in [9.17, 15) is 0 Å². The van der Waals surface area contributed by atoms with E-state index in [4.69, 9.17) is 4.74 Å². The number of nitrogens with zero attached hydrogens (tertiary/aromatic N) is 4. The van der Waals surface area contributed by atoms with Crippen molar-refractivity contribution in [2.24, 2.45) is 7.05 Å². The molecular formula is C18H25N5O. The van der Waals surface area contributed by atoms with E-state index in [0.717, 1.165) is 50.5 Å². The minimum Gasteiger partial charge on any atom is -0.370 e. The van der Waals surface area contributed by atoms with Gasteiger partial charge < -0.3 is 15.0 Å². The molecule has 128 valence electrons. The summed E-state index contributed by atoms with van der Waals surface area (Å²) in [6.07, 6.45) is 7.19. The molecule has 2 fully saturated rings. The van der Waals surface area contributed by atoms with Gasteiger partial charge >= 0.3 is 0 Å².